The SMILES string of the molecule is O=C(O)c1cc(-c2c(F)cc(O)c(Br)c2F)no1. The minimum Gasteiger partial charge on any atom is -0.507 e. The van der Waals surface area contributed by atoms with Crippen LogP contribution >= 0.6 is 15.9 Å². The summed E-state index contributed by atoms with van der Waals surface area (Å²) in [5.74, 6) is -4.76. The van der Waals surface area contributed by atoms with Crippen molar-refractivity contribution < 1.29 is 28.3 Å². The van der Waals surface area contributed by atoms with E-state index in [4.69, 9.17) is 5.11 Å². The summed E-state index contributed by atoms with van der Waals surface area (Å²) in [5.41, 5.74) is -0.904. The number of aromatic hydroxyl groups is 1. The fourth-order valence-electron chi connectivity index (χ4n) is 1.31. The lowest BCUT2D eigenvalue weighted by Crippen LogP contribution is -1.93. The van der Waals surface area contributed by atoms with Crippen molar-refractivity contribution in [1.29, 1.82) is 0 Å². The van der Waals surface area contributed by atoms with Crippen molar-refractivity contribution in [2.45, 2.75) is 0 Å². The summed E-state index contributed by atoms with van der Waals surface area (Å²) >= 11 is 2.73. The molecule has 2 rings (SSSR count). The van der Waals surface area contributed by atoms with Crippen LogP contribution in [0.5, 0.6) is 5.75 Å². The Balaban J connectivity index is 2.63. The summed E-state index contributed by atoms with van der Waals surface area (Å²) in [6, 6.07) is 1.56. The highest BCUT2D eigenvalue weighted by Gasteiger charge is 2.22. The highest BCUT2D eigenvalue weighted by molar-refractivity contribution is 9.10. The van der Waals surface area contributed by atoms with Gasteiger partial charge in [-0.3, -0.25) is 0 Å². The summed E-state index contributed by atoms with van der Waals surface area (Å²) in [6.45, 7) is 0. The number of hydrogen-bond donors (Lipinski definition) is 2. The monoisotopic (exact) mass is 319 g/mol. The van der Waals surface area contributed by atoms with E-state index in [9.17, 15) is 18.7 Å². The van der Waals surface area contributed by atoms with E-state index in [0.29, 0.717) is 6.07 Å². The van der Waals surface area contributed by atoms with Crippen molar-refractivity contribution >= 4 is 21.9 Å². The number of hydrogen-bond acceptors (Lipinski definition) is 4. The van der Waals surface area contributed by atoms with Crippen molar-refractivity contribution in [2.24, 2.45) is 0 Å². The quantitative estimate of drug-likeness (QED) is 0.831. The van der Waals surface area contributed by atoms with Crippen molar-refractivity contribution in [3.05, 3.63) is 34.0 Å². The van der Waals surface area contributed by atoms with Crippen LogP contribution in [0.1, 0.15) is 10.6 Å². The lowest BCUT2D eigenvalue weighted by molar-refractivity contribution is 0.0652. The molecule has 0 fully saturated rings. The van der Waals surface area contributed by atoms with Gasteiger partial charge in [-0.1, -0.05) is 5.16 Å². The number of aromatic nitrogens is 1. The Hall–Kier alpha value is -1.96. The number of carboxylic acids is 1. The number of benzene rings is 1. The second-order valence-corrected chi connectivity index (χ2v) is 4.06. The zero-order chi connectivity index (χ0) is 13.4. The Morgan fingerprint density at radius 3 is 2.61 bits per heavy atom. The number of rotatable bonds is 2. The van der Waals surface area contributed by atoms with Crippen LogP contribution < -0.4 is 0 Å². The van der Waals surface area contributed by atoms with Crippen LogP contribution in [0.25, 0.3) is 11.3 Å². The van der Waals surface area contributed by atoms with E-state index in [1.165, 1.54) is 0 Å². The predicted octanol–water partition coefficient (Wildman–Crippen LogP) is 2.79. The molecule has 0 saturated carbocycles. The Morgan fingerprint density at radius 1 is 1.39 bits per heavy atom. The highest BCUT2D eigenvalue weighted by atomic mass is 79.9. The number of nitrogens with zero attached hydrogens (tertiary/aromatic N) is 1. The van der Waals surface area contributed by atoms with Gasteiger partial charge in [0.25, 0.3) is 0 Å². The van der Waals surface area contributed by atoms with Crippen LogP contribution in [0.4, 0.5) is 8.78 Å². The first-order valence-corrected chi connectivity index (χ1v) is 5.28. The van der Waals surface area contributed by atoms with Gasteiger partial charge in [-0.2, -0.15) is 0 Å². The number of halogens is 3. The molecule has 0 aliphatic carbocycles. The Kier molecular flexibility index (Phi) is 3.04. The van der Waals surface area contributed by atoms with Crippen LogP contribution in [0.15, 0.2) is 21.1 Å². The van der Waals surface area contributed by atoms with Gasteiger partial charge in [-0.05, 0) is 15.9 Å². The van der Waals surface area contributed by atoms with Gasteiger partial charge in [-0.15, -0.1) is 0 Å². The molecule has 0 amide bonds. The first kappa shape index (κ1) is 12.5. The van der Waals surface area contributed by atoms with Crippen LogP contribution in [0.2, 0.25) is 0 Å². The van der Waals surface area contributed by atoms with E-state index >= 15 is 0 Å². The number of aromatic carboxylic acids is 1. The molecule has 8 heteroatoms. The molecule has 5 nitrogen and oxygen atoms in total. The fraction of sp³-hybridized carbons (Fsp3) is 0. The second-order valence-electron chi connectivity index (χ2n) is 3.26. The molecule has 1 aromatic carbocycles. The van der Waals surface area contributed by atoms with Crippen molar-refractivity contribution in [1.82, 2.24) is 5.16 Å². The van der Waals surface area contributed by atoms with Crippen LogP contribution in [-0.2, 0) is 0 Å². The zero-order valence-corrected chi connectivity index (χ0v) is 10.0. The molecule has 2 aromatic rings. The average Bonchev–Trinajstić information content (AvgIpc) is 2.75. The van der Waals surface area contributed by atoms with E-state index in [2.05, 4.69) is 25.6 Å². The van der Waals surface area contributed by atoms with E-state index < -0.39 is 34.7 Å². The third kappa shape index (κ3) is 1.94. The van der Waals surface area contributed by atoms with Gasteiger partial charge in [0.1, 0.15) is 17.3 Å². The maximum Gasteiger partial charge on any atom is 0.374 e. The van der Waals surface area contributed by atoms with Gasteiger partial charge >= 0.3 is 5.97 Å². The van der Waals surface area contributed by atoms with Crippen molar-refractivity contribution in [3.63, 3.8) is 0 Å². The second kappa shape index (κ2) is 4.37. The molecule has 0 atom stereocenters. The van der Waals surface area contributed by atoms with E-state index in [1.807, 2.05) is 0 Å². The number of phenolic OH excluding ortho intramolecular Hbond substituents is 1. The molecule has 0 saturated heterocycles. The molecule has 2 N–H and O–H groups in total. The van der Waals surface area contributed by atoms with E-state index in [1.54, 1.807) is 0 Å². The Labute approximate surface area is 107 Å². The minimum absolute atomic E-state index is 0.317. The summed E-state index contributed by atoms with van der Waals surface area (Å²) in [7, 11) is 0. The number of carbonyl (C=O) groups is 1. The van der Waals surface area contributed by atoms with Gasteiger partial charge in [0.15, 0.2) is 5.82 Å². The Morgan fingerprint density at radius 2 is 2.06 bits per heavy atom. The first-order valence-electron chi connectivity index (χ1n) is 4.48. The topological polar surface area (TPSA) is 83.6 Å². The summed E-state index contributed by atoms with van der Waals surface area (Å²) in [6.07, 6.45) is 0. The summed E-state index contributed by atoms with van der Waals surface area (Å²) in [5, 5.41) is 21.1. The molecule has 18 heavy (non-hydrogen) atoms. The fourth-order valence-corrected chi connectivity index (χ4v) is 1.62. The molecule has 0 aliphatic heterocycles. The first-order chi connectivity index (χ1) is 8.41. The zero-order valence-electron chi connectivity index (χ0n) is 8.45. The normalized spacial score (nSPS) is 10.6. The van der Waals surface area contributed by atoms with Gasteiger partial charge < -0.3 is 14.7 Å². The molecule has 1 heterocycles. The molecule has 0 unspecified atom stereocenters. The molecule has 0 radical (unpaired) electrons. The standard InChI is InChI=1S/C10H4BrF2NO4/c11-8-5(15)1-3(12)7(9(8)13)4-2-6(10(16)17)18-14-4/h1-2,15H,(H,16,17). The molecule has 0 spiro atoms. The van der Waals surface area contributed by atoms with Crippen LogP contribution in [-0.4, -0.2) is 21.3 Å². The number of phenols is 1. The minimum atomic E-state index is -1.41. The third-order valence-electron chi connectivity index (χ3n) is 2.12. The van der Waals surface area contributed by atoms with Crippen molar-refractivity contribution in [3.8, 4) is 17.0 Å². The van der Waals surface area contributed by atoms with Crippen molar-refractivity contribution in [2.75, 3.05) is 0 Å². The van der Waals surface area contributed by atoms with E-state index in [-0.39, 0.29) is 10.2 Å². The maximum absolute atomic E-state index is 13.7. The van der Waals surface area contributed by atoms with Gasteiger partial charge in [0.05, 0.1) is 10.0 Å². The molecule has 94 valence electrons. The van der Waals surface area contributed by atoms with Gasteiger partial charge in [-0.25, -0.2) is 13.6 Å². The molecule has 0 aliphatic rings. The highest BCUT2D eigenvalue weighted by Crippen LogP contribution is 2.36. The molecule has 0 bridgehead atoms. The lowest BCUT2D eigenvalue weighted by Gasteiger charge is -2.04. The predicted molar refractivity (Wildman–Crippen MR) is 58.2 cm³/mol. The smallest absolute Gasteiger partial charge is 0.374 e. The largest absolute Gasteiger partial charge is 0.507 e. The summed E-state index contributed by atoms with van der Waals surface area (Å²) in [4.78, 5) is 10.6. The molecule has 1 aromatic heterocycles. The summed E-state index contributed by atoms with van der Waals surface area (Å²) < 4.78 is 31.3. The van der Waals surface area contributed by atoms with Gasteiger partial charge in [0, 0.05) is 12.1 Å². The Bertz CT molecular complexity index is 641. The van der Waals surface area contributed by atoms with E-state index in [0.717, 1.165) is 6.07 Å². The molecular formula is C10H4BrF2NO4. The maximum atomic E-state index is 13.7. The van der Waals surface area contributed by atoms with Crippen LogP contribution in [0, 0.1) is 11.6 Å². The third-order valence-corrected chi connectivity index (χ3v) is 2.87. The lowest BCUT2D eigenvalue weighted by atomic mass is 10.1. The van der Waals surface area contributed by atoms with Crippen LogP contribution in [0.3, 0.4) is 0 Å². The average molecular weight is 320 g/mol. The molecular weight excluding hydrogens is 316 g/mol. The van der Waals surface area contributed by atoms with Gasteiger partial charge in [0.2, 0.25) is 5.76 Å². The number of carboxylic acid groups (broad SMARTS) is 1.